The van der Waals surface area contributed by atoms with Crippen molar-refractivity contribution in [2.75, 3.05) is 26.4 Å². The Labute approximate surface area is 130 Å². The summed E-state index contributed by atoms with van der Waals surface area (Å²) in [4.78, 5) is 0. The Morgan fingerprint density at radius 3 is 2.85 bits per heavy atom. The number of benzene rings is 1. The fraction of sp³-hybridized carbons (Fsp3) is 0.625. The summed E-state index contributed by atoms with van der Waals surface area (Å²) in [5.74, 6) is 1.57. The fourth-order valence-corrected chi connectivity index (χ4v) is 2.84. The zero-order valence-electron chi connectivity index (χ0n) is 12.2. The maximum Gasteiger partial charge on any atom is 0.133 e. The number of ether oxygens (including phenoxy) is 2. The van der Waals surface area contributed by atoms with E-state index in [1.165, 1.54) is 5.56 Å². The highest BCUT2D eigenvalue weighted by Gasteiger charge is 2.15. The molecule has 1 aromatic rings. The van der Waals surface area contributed by atoms with Gasteiger partial charge in [0.05, 0.1) is 11.1 Å². The molecule has 0 radical (unpaired) electrons. The Hall–Kier alpha value is -0.580. The number of halogens is 1. The summed E-state index contributed by atoms with van der Waals surface area (Å²) in [6.45, 7) is 6.67. The summed E-state index contributed by atoms with van der Waals surface area (Å²) in [5, 5.41) is 3.41. The van der Waals surface area contributed by atoms with Crippen molar-refractivity contribution in [2.45, 2.75) is 32.7 Å². The molecule has 112 valence electrons. The molecule has 1 heterocycles. The van der Waals surface area contributed by atoms with Gasteiger partial charge in [0.2, 0.25) is 0 Å². The Kier molecular flexibility index (Phi) is 6.83. The van der Waals surface area contributed by atoms with Crippen LogP contribution < -0.4 is 10.1 Å². The number of nitrogens with one attached hydrogen (secondary N) is 1. The van der Waals surface area contributed by atoms with Crippen molar-refractivity contribution in [2.24, 2.45) is 5.92 Å². The highest BCUT2D eigenvalue weighted by Crippen LogP contribution is 2.27. The number of hydrogen-bond acceptors (Lipinski definition) is 3. The van der Waals surface area contributed by atoms with Gasteiger partial charge in [-0.25, -0.2) is 0 Å². The molecule has 3 nitrogen and oxygen atoms in total. The van der Waals surface area contributed by atoms with Gasteiger partial charge in [-0.2, -0.15) is 0 Å². The smallest absolute Gasteiger partial charge is 0.133 e. The topological polar surface area (TPSA) is 30.5 Å². The Morgan fingerprint density at radius 1 is 1.35 bits per heavy atom. The Morgan fingerprint density at radius 2 is 2.15 bits per heavy atom. The lowest BCUT2D eigenvalue weighted by Gasteiger charge is -2.22. The molecule has 1 N–H and O–H groups in total. The standard InChI is InChI=1S/C16H24BrNO2/c1-2-7-18-11-14-3-4-16(15(17)10-14)20-12-13-5-8-19-9-6-13/h3-4,10,13,18H,2,5-9,11-12H2,1H3. The van der Waals surface area contributed by atoms with E-state index in [1.54, 1.807) is 0 Å². The molecule has 0 atom stereocenters. The minimum Gasteiger partial charge on any atom is -0.492 e. The lowest BCUT2D eigenvalue weighted by Crippen LogP contribution is -2.21. The molecular weight excluding hydrogens is 318 g/mol. The quantitative estimate of drug-likeness (QED) is 0.766. The van der Waals surface area contributed by atoms with E-state index in [1.807, 2.05) is 0 Å². The van der Waals surface area contributed by atoms with Gasteiger partial charge in [-0.3, -0.25) is 0 Å². The summed E-state index contributed by atoms with van der Waals surface area (Å²) in [6.07, 6.45) is 3.38. The first-order valence-electron chi connectivity index (χ1n) is 7.49. The van der Waals surface area contributed by atoms with Crippen LogP contribution in [0.5, 0.6) is 5.75 Å². The van der Waals surface area contributed by atoms with Gasteiger partial charge in [0.25, 0.3) is 0 Å². The van der Waals surface area contributed by atoms with Crippen molar-refractivity contribution in [1.29, 1.82) is 0 Å². The summed E-state index contributed by atoms with van der Waals surface area (Å²) in [5.41, 5.74) is 1.28. The molecule has 0 amide bonds. The van der Waals surface area contributed by atoms with Gasteiger partial charge in [-0.05, 0) is 65.4 Å². The first kappa shape index (κ1) is 15.8. The number of hydrogen-bond donors (Lipinski definition) is 1. The predicted octanol–water partition coefficient (Wildman–Crippen LogP) is 3.75. The zero-order chi connectivity index (χ0) is 14.2. The van der Waals surface area contributed by atoms with Crippen LogP contribution in [-0.4, -0.2) is 26.4 Å². The van der Waals surface area contributed by atoms with E-state index in [2.05, 4.69) is 46.4 Å². The Bertz CT molecular complexity index is 405. The van der Waals surface area contributed by atoms with Gasteiger partial charge in [-0.15, -0.1) is 0 Å². The van der Waals surface area contributed by atoms with Crippen molar-refractivity contribution in [3.05, 3.63) is 28.2 Å². The van der Waals surface area contributed by atoms with Crippen LogP contribution in [0.15, 0.2) is 22.7 Å². The van der Waals surface area contributed by atoms with E-state index >= 15 is 0 Å². The minimum atomic E-state index is 0.626. The molecule has 0 saturated carbocycles. The lowest BCUT2D eigenvalue weighted by molar-refractivity contribution is 0.0496. The van der Waals surface area contributed by atoms with Crippen LogP contribution in [-0.2, 0) is 11.3 Å². The van der Waals surface area contributed by atoms with E-state index in [0.717, 1.165) is 62.4 Å². The van der Waals surface area contributed by atoms with Crippen LogP contribution >= 0.6 is 15.9 Å². The van der Waals surface area contributed by atoms with Crippen molar-refractivity contribution in [1.82, 2.24) is 5.32 Å². The third kappa shape index (κ3) is 5.08. The summed E-state index contributed by atoms with van der Waals surface area (Å²) in [6, 6.07) is 6.33. The van der Waals surface area contributed by atoms with Gasteiger partial charge in [0, 0.05) is 19.8 Å². The zero-order valence-corrected chi connectivity index (χ0v) is 13.7. The van der Waals surface area contributed by atoms with Gasteiger partial charge in [0.15, 0.2) is 0 Å². The molecule has 1 aliphatic heterocycles. The van der Waals surface area contributed by atoms with Crippen molar-refractivity contribution >= 4 is 15.9 Å². The normalized spacial score (nSPS) is 16.3. The molecule has 2 rings (SSSR count). The molecule has 0 aliphatic carbocycles. The molecule has 1 fully saturated rings. The second-order valence-corrected chi connectivity index (χ2v) is 6.16. The van der Waals surface area contributed by atoms with Gasteiger partial charge >= 0.3 is 0 Å². The SMILES string of the molecule is CCCNCc1ccc(OCC2CCOCC2)c(Br)c1. The van der Waals surface area contributed by atoms with Crippen LogP contribution in [0.2, 0.25) is 0 Å². The maximum atomic E-state index is 5.93. The fourth-order valence-electron chi connectivity index (χ4n) is 2.30. The summed E-state index contributed by atoms with van der Waals surface area (Å²) >= 11 is 3.60. The monoisotopic (exact) mass is 341 g/mol. The van der Waals surface area contributed by atoms with Crippen molar-refractivity contribution in [3.63, 3.8) is 0 Å². The van der Waals surface area contributed by atoms with Crippen LogP contribution in [0, 0.1) is 5.92 Å². The second-order valence-electron chi connectivity index (χ2n) is 5.31. The minimum absolute atomic E-state index is 0.626. The first-order valence-corrected chi connectivity index (χ1v) is 8.28. The van der Waals surface area contributed by atoms with E-state index in [-0.39, 0.29) is 0 Å². The average Bonchev–Trinajstić information content (AvgIpc) is 2.48. The largest absolute Gasteiger partial charge is 0.492 e. The Balaban J connectivity index is 1.82. The van der Waals surface area contributed by atoms with Crippen molar-refractivity contribution in [3.8, 4) is 5.75 Å². The average molecular weight is 342 g/mol. The molecule has 1 saturated heterocycles. The van der Waals surface area contributed by atoms with Gasteiger partial charge in [0.1, 0.15) is 5.75 Å². The summed E-state index contributed by atoms with van der Waals surface area (Å²) in [7, 11) is 0. The predicted molar refractivity (Wildman–Crippen MR) is 85.2 cm³/mol. The first-order chi connectivity index (χ1) is 9.79. The third-order valence-corrected chi connectivity index (χ3v) is 4.19. The van der Waals surface area contributed by atoms with Crippen LogP contribution in [0.1, 0.15) is 31.7 Å². The lowest BCUT2D eigenvalue weighted by atomic mass is 10.0. The highest BCUT2D eigenvalue weighted by molar-refractivity contribution is 9.10. The van der Waals surface area contributed by atoms with Crippen molar-refractivity contribution < 1.29 is 9.47 Å². The molecule has 20 heavy (non-hydrogen) atoms. The highest BCUT2D eigenvalue weighted by atomic mass is 79.9. The number of rotatable bonds is 7. The molecule has 0 bridgehead atoms. The van der Waals surface area contributed by atoms with Crippen LogP contribution in [0.3, 0.4) is 0 Å². The van der Waals surface area contributed by atoms with E-state index < -0.39 is 0 Å². The molecule has 0 aromatic heterocycles. The third-order valence-electron chi connectivity index (χ3n) is 3.57. The molecular formula is C16H24BrNO2. The van der Waals surface area contributed by atoms with E-state index in [9.17, 15) is 0 Å². The van der Waals surface area contributed by atoms with Gasteiger partial charge in [-0.1, -0.05) is 13.0 Å². The second kappa shape index (κ2) is 8.65. The molecule has 1 aliphatic rings. The molecule has 0 unspecified atom stereocenters. The molecule has 0 spiro atoms. The van der Waals surface area contributed by atoms with E-state index in [4.69, 9.17) is 9.47 Å². The van der Waals surface area contributed by atoms with Crippen LogP contribution in [0.25, 0.3) is 0 Å². The summed E-state index contributed by atoms with van der Waals surface area (Å²) < 4.78 is 12.3. The van der Waals surface area contributed by atoms with Gasteiger partial charge < -0.3 is 14.8 Å². The van der Waals surface area contributed by atoms with E-state index in [0.29, 0.717) is 5.92 Å². The molecule has 1 aromatic carbocycles. The van der Waals surface area contributed by atoms with Crippen LogP contribution in [0.4, 0.5) is 0 Å². The molecule has 4 heteroatoms. The maximum absolute atomic E-state index is 5.93.